The third kappa shape index (κ3) is 3.70. The van der Waals surface area contributed by atoms with Gasteiger partial charge in [0.05, 0.1) is 5.92 Å². The summed E-state index contributed by atoms with van der Waals surface area (Å²) in [6.07, 6.45) is 7.69. The number of carbonyl (C=O) groups is 1. The summed E-state index contributed by atoms with van der Waals surface area (Å²) in [6, 6.07) is 0. The van der Waals surface area contributed by atoms with E-state index in [4.69, 9.17) is 5.11 Å². The van der Waals surface area contributed by atoms with Crippen LogP contribution in [0.15, 0.2) is 0 Å². The molecule has 0 aromatic heterocycles. The maximum atomic E-state index is 10.9. The van der Waals surface area contributed by atoms with Gasteiger partial charge in [0.25, 0.3) is 0 Å². The van der Waals surface area contributed by atoms with Gasteiger partial charge in [0.15, 0.2) is 0 Å². The van der Waals surface area contributed by atoms with Crippen LogP contribution in [0.25, 0.3) is 0 Å². The number of hydrogen-bond donors (Lipinski definition) is 1. The average molecular weight is 239 g/mol. The van der Waals surface area contributed by atoms with Crippen molar-refractivity contribution in [3.63, 3.8) is 0 Å². The number of nitrogens with zero attached hydrogens (tertiary/aromatic N) is 1. The lowest BCUT2D eigenvalue weighted by Gasteiger charge is -2.28. The van der Waals surface area contributed by atoms with Gasteiger partial charge in [0.1, 0.15) is 0 Å². The molecule has 98 valence electrons. The summed E-state index contributed by atoms with van der Waals surface area (Å²) in [7, 11) is 0. The van der Waals surface area contributed by atoms with Gasteiger partial charge in [0, 0.05) is 6.54 Å². The molecule has 2 fully saturated rings. The zero-order valence-corrected chi connectivity index (χ0v) is 10.9. The molecular formula is C14H25NO2. The molecule has 1 heterocycles. The molecule has 0 spiro atoms. The average Bonchev–Trinajstić information content (AvgIpc) is 2.75. The van der Waals surface area contributed by atoms with Crippen molar-refractivity contribution in [1.82, 2.24) is 4.90 Å². The van der Waals surface area contributed by atoms with E-state index in [0.717, 1.165) is 37.9 Å². The van der Waals surface area contributed by atoms with E-state index in [-0.39, 0.29) is 5.92 Å². The van der Waals surface area contributed by atoms with Gasteiger partial charge in [-0.1, -0.05) is 26.2 Å². The summed E-state index contributed by atoms with van der Waals surface area (Å²) >= 11 is 0. The summed E-state index contributed by atoms with van der Waals surface area (Å²) in [5, 5.41) is 8.96. The highest BCUT2D eigenvalue weighted by Crippen LogP contribution is 2.31. The van der Waals surface area contributed by atoms with E-state index in [9.17, 15) is 4.79 Å². The van der Waals surface area contributed by atoms with Crippen LogP contribution in [0.5, 0.6) is 0 Å². The van der Waals surface area contributed by atoms with Gasteiger partial charge in [-0.2, -0.15) is 0 Å². The molecule has 0 amide bonds. The van der Waals surface area contributed by atoms with Crippen LogP contribution in [0, 0.1) is 17.8 Å². The maximum absolute atomic E-state index is 10.9. The molecule has 2 aliphatic rings. The van der Waals surface area contributed by atoms with Crippen molar-refractivity contribution in [1.29, 1.82) is 0 Å². The first-order valence-electron chi connectivity index (χ1n) is 7.10. The minimum Gasteiger partial charge on any atom is -0.481 e. The van der Waals surface area contributed by atoms with E-state index in [1.807, 2.05) is 0 Å². The molecule has 17 heavy (non-hydrogen) atoms. The van der Waals surface area contributed by atoms with Crippen LogP contribution >= 0.6 is 0 Å². The Hall–Kier alpha value is -0.570. The standard InChI is InChI=1S/C14H25NO2/c1-11-3-2-4-12(9-11)5-7-15-8-6-13(10-15)14(16)17/h11-13H,2-10H2,1H3,(H,16,17). The Kier molecular flexibility index (Phi) is 4.43. The van der Waals surface area contributed by atoms with Crippen molar-refractivity contribution in [2.24, 2.45) is 17.8 Å². The van der Waals surface area contributed by atoms with E-state index < -0.39 is 5.97 Å². The lowest BCUT2D eigenvalue weighted by atomic mass is 9.81. The van der Waals surface area contributed by atoms with Crippen LogP contribution in [0.2, 0.25) is 0 Å². The number of aliphatic carboxylic acids is 1. The van der Waals surface area contributed by atoms with E-state index in [2.05, 4.69) is 11.8 Å². The lowest BCUT2D eigenvalue weighted by molar-refractivity contribution is -0.141. The number of likely N-dealkylation sites (tertiary alicyclic amines) is 1. The largest absolute Gasteiger partial charge is 0.481 e. The zero-order chi connectivity index (χ0) is 12.3. The smallest absolute Gasteiger partial charge is 0.307 e. The van der Waals surface area contributed by atoms with Crippen LogP contribution < -0.4 is 0 Å². The molecule has 0 aromatic carbocycles. The number of hydrogen-bond acceptors (Lipinski definition) is 2. The lowest BCUT2D eigenvalue weighted by Crippen LogP contribution is -2.26. The third-order valence-corrected chi connectivity index (χ3v) is 4.52. The van der Waals surface area contributed by atoms with Crippen LogP contribution in [0.1, 0.15) is 45.4 Å². The highest BCUT2D eigenvalue weighted by molar-refractivity contribution is 5.70. The normalized spacial score (nSPS) is 35.0. The fourth-order valence-electron chi connectivity index (χ4n) is 3.42. The second kappa shape index (κ2) is 5.85. The molecule has 3 heteroatoms. The van der Waals surface area contributed by atoms with Crippen LogP contribution in [-0.4, -0.2) is 35.6 Å². The molecule has 1 N–H and O–H groups in total. The van der Waals surface area contributed by atoms with Gasteiger partial charge >= 0.3 is 5.97 Å². The van der Waals surface area contributed by atoms with Crippen molar-refractivity contribution in [2.75, 3.05) is 19.6 Å². The topological polar surface area (TPSA) is 40.5 Å². The Morgan fingerprint density at radius 2 is 2.18 bits per heavy atom. The van der Waals surface area contributed by atoms with Gasteiger partial charge in [-0.05, 0) is 44.2 Å². The van der Waals surface area contributed by atoms with Gasteiger partial charge in [-0.3, -0.25) is 4.79 Å². The number of carboxylic acid groups (broad SMARTS) is 1. The fourth-order valence-corrected chi connectivity index (χ4v) is 3.42. The van der Waals surface area contributed by atoms with Crippen molar-refractivity contribution in [3.8, 4) is 0 Å². The van der Waals surface area contributed by atoms with E-state index in [0.29, 0.717) is 0 Å². The molecule has 2 rings (SSSR count). The fraction of sp³-hybridized carbons (Fsp3) is 0.929. The highest BCUT2D eigenvalue weighted by Gasteiger charge is 2.28. The summed E-state index contributed by atoms with van der Waals surface area (Å²) in [4.78, 5) is 13.2. The second-order valence-electron chi connectivity index (χ2n) is 6.05. The first-order valence-corrected chi connectivity index (χ1v) is 7.10. The van der Waals surface area contributed by atoms with Crippen LogP contribution in [-0.2, 0) is 4.79 Å². The summed E-state index contributed by atoms with van der Waals surface area (Å²) in [5.41, 5.74) is 0. The van der Waals surface area contributed by atoms with Crippen LogP contribution in [0.3, 0.4) is 0 Å². The maximum Gasteiger partial charge on any atom is 0.307 e. The number of rotatable bonds is 4. The SMILES string of the molecule is CC1CCCC(CCN2CCC(C(=O)O)C2)C1. The monoisotopic (exact) mass is 239 g/mol. The van der Waals surface area contributed by atoms with Crippen molar-refractivity contribution < 1.29 is 9.90 Å². The Morgan fingerprint density at radius 1 is 1.35 bits per heavy atom. The molecule has 1 saturated heterocycles. The van der Waals surface area contributed by atoms with E-state index in [1.165, 1.54) is 32.1 Å². The molecule has 1 saturated carbocycles. The minimum atomic E-state index is -0.612. The van der Waals surface area contributed by atoms with Gasteiger partial charge < -0.3 is 10.0 Å². The number of carboxylic acids is 1. The zero-order valence-electron chi connectivity index (χ0n) is 10.9. The molecule has 1 aliphatic heterocycles. The van der Waals surface area contributed by atoms with Crippen molar-refractivity contribution in [2.45, 2.75) is 45.4 Å². The Balaban J connectivity index is 1.67. The summed E-state index contributed by atoms with van der Waals surface area (Å²) in [6.45, 7) is 5.24. The second-order valence-corrected chi connectivity index (χ2v) is 6.05. The molecule has 3 unspecified atom stereocenters. The Labute approximate surface area is 104 Å². The molecule has 3 nitrogen and oxygen atoms in total. The molecular weight excluding hydrogens is 214 g/mol. The van der Waals surface area contributed by atoms with Crippen molar-refractivity contribution in [3.05, 3.63) is 0 Å². The minimum absolute atomic E-state index is 0.111. The van der Waals surface area contributed by atoms with E-state index >= 15 is 0 Å². The Morgan fingerprint density at radius 3 is 2.82 bits per heavy atom. The van der Waals surface area contributed by atoms with Crippen LogP contribution in [0.4, 0.5) is 0 Å². The highest BCUT2D eigenvalue weighted by atomic mass is 16.4. The van der Waals surface area contributed by atoms with Gasteiger partial charge in [-0.25, -0.2) is 0 Å². The molecule has 0 radical (unpaired) electrons. The summed E-state index contributed by atoms with van der Waals surface area (Å²) in [5.74, 6) is 1.07. The molecule has 3 atom stereocenters. The van der Waals surface area contributed by atoms with Gasteiger partial charge in [0.2, 0.25) is 0 Å². The van der Waals surface area contributed by atoms with E-state index in [1.54, 1.807) is 0 Å². The predicted molar refractivity (Wildman–Crippen MR) is 67.9 cm³/mol. The predicted octanol–water partition coefficient (Wildman–Crippen LogP) is 2.61. The first kappa shape index (κ1) is 12.9. The quantitative estimate of drug-likeness (QED) is 0.820. The third-order valence-electron chi connectivity index (χ3n) is 4.52. The van der Waals surface area contributed by atoms with Gasteiger partial charge in [-0.15, -0.1) is 0 Å². The molecule has 0 aromatic rings. The molecule has 1 aliphatic carbocycles. The molecule has 0 bridgehead atoms. The van der Waals surface area contributed by atoms with Crippen molar-refractivity contribution >= 4 is 5.97 Å². The summed E-state index contributed by atoms with van der Waals surface area (Å²) < 4.78 is 0. The Bertz CT molecular complexity index is 267. The first-order chi connectivity index (χ1) is 8.15.